The minimum Gasteiger partial charge on any atom is -0.508 e. The third kappa shape index (κ3) is 2.04. The summed E-state index contributed by atoms with van der Waals surface area (Å²) >= 11 is 0. The molecule has 4 heteroatoms. The van der Waals surface area contributed by atoms with Gasteiger partial charge in [-0.15, -0.1) is 0 Å². The molecule has 4 rings (SSSR count). The highest BCUT2D eigenvalue weighted by Crippen LogP contribution is 2.35. The van der Waals surface area contributed by atoms with Crippen LogP contribution in [0.15, 0.2) is 42.5 Å². The summed E-state index contributed by atoms with van der Waals surface area (Å²) in [4.78, 5) is 3.54. The topological polar surface area (TPSA) is 57.3 Å². The number of ether oxygens (including phenoxy) is 1. The van der Waals surface area contributed by atoms with Crippen LogP contribution in [0.5, 0.6) is 11.5 Å². The number of benzene rings is 2. The molecule has 3 aromatic rings. The summed E-state index contributed by atoms with van der Waals surface area (Å²) in [5.41, 5.74) is 4.71. The number of aromatic hydroxyl groups is 1. The lowest BCUT2D eigenvalue weighted by molar-refractivity contribution is 0.415. The summed E-state index contributed by atoms with van der Waals surface area (Å²) < 4.78 is 5.35. The van der Waals surface area contributed by atoms with Gasteiger partial charge in [-0.3, -0.25) is 0 Å². The third-order valence-electron chi connectivity index (χ3n) is 4.36. The highest BCUT2D eigenvalue weighted by atomic mass is 16.5. The Morgan fingerprint density at radius 2 is 2.09 bits per heavy atom. The first-order chi connectivity index (χ1) is 10.8. The van der Waals surface area contributed by atoms with Crippen molar-refractivity contribution in [2.45, 2.75) is 12.5 Å². The highest BCUT2D eigenvalue weighted by Gasteiger charge is 2.25. The van der Waals surface area contributed by atoms with E-state index in [2.05, 4.69) is 22.4 Å². The first kappa shape index (κ1) is 13.2. The van der Waals surface area contributed by atoms with Gasteiger partial charge in [0.1, 0.15) is 11.5 Å². The SMILES string of the molecule is COc1ccc2[nH]c3c(c2c1)CCN[C@H]3c1cccc(O)c1. The van der Waals surface area contributed by atoms with Crippen molar-refractivity contribution in [1.82, 2.24) is 10.3 Å². The molecule has 2 heterocycles. The van der Waals surface area contributed by atoms with E-state index in [1.807, 2.05) is 24.3 Å². The fraction of sp³-hybridized carbons (Fsp3) is 0.222. The van der Waals surface area contributed by atoms with E-state index in [9.17, 15) is 5.11 Å². The first-order valence-corrected chi connectivity index (χ1v) is 7.47. The van der Waals surface area contributed by atoms with Crippen LogP contribution in [-0.2, 0) is 6.42 Å². The van der Waals surface area contributed by atoms with E-state index < -0.39 is 0 Å². The molecule has 0 bridgehead atoms. The van der Waals surface area contributed by atoms with Gasteiger partial charge in [-0.1, -0.05) is 12.1 Å². The Labute approximate surface area is 128 Å². The van der Waals surface area contributed by atoms with E-state index in [0.29, 0.717) is 5.75 Å². The number of methoxy groups -OCH3 is 1. The molecule has 0 amide bonds. The van der Waals surface area contributed by atoms with E-state index in [-0.39, 0.29) is 6.04 Å². The van der Waals surface area contributed by atoms with Gasteiger partial charge in [-0.25, -0.2) is 0 Å². The summed E-state index contributed by atoms with van der Waals surface area (Å²) in [5.74, 6) is 1.17. The average Bonchev–Trinajstić information content (AvgIpc) is 2.92. The number of hydrogen-bond acceptors (Lipinski definition) is 3. The monoisotopic (exact) mass is 294 g/mol. The molecule has 2 aromatic carbocycles. The van der Waals surface area contributed by atoms with Gasteiger partial charge in [0, 0.05) is 23.1 Å². The number of phenolic OH excluding ortho intramolecular Hbond substituents is 1. The van der Waals surface area contributed by atoms with Crippen LogP contribution in [0, 0.1) is 0 Å². The summed E-state index contributed by atoms with van der Waals surface area (Å²) in [6.45, 7) is 0.914. The molecule has 0 spiro atoms. The van der Waals surface area contributed by atoms with Gasteiger partial charge < -0.3 is 20.1 Å². The lowest BCUT2D eigenvalue weighted by Crippen LogP contribution is -2.30. The van der Waals surface area contributed by atoms with Crippen molar-refractivity contribution < 1.29 is 9.84 Å². The number of H-pyrrole nitrogens is 1. The predicted molar refractivity (Wildman–Crippen MR) is 86.5 cm³/mol. The van der Waals surface area contributed by atoms with E-state index in [4.69, 9.17) is 4.74 Å². The molecule has 0 saturated heterocycles. The van der Waals surface area contributed by atoms with E-state index >= 15 is 0 Å². The molecule has 1 aliphatic rings. The largest absolute Gasteiger partial charge is 0.508 e. The number of rotatable bonds is 2. The van der Waals surface area contributed by atoms with Gasteiger partial charge in [-0.05, 0) is 47.9 Å². The quantitative estimate of drug-likeness (QED) is 0.680. The lowest BCUT2D eigenvalue weighted by Gasteiger charge is -2.25. The van der Waals surface area contributed by atoms with Crippen molar-refractivity contribution >= 4 is 10.9 Å². The number of fused-ring (bicyclic) bond motifs is 3. The van der Waals surface area contributed by atoms with Crippen LogP contribution in [0.25, 0.3) is 10.9 Å². The third-order valence-corrected chi connectivity index (χ3v) is 4.36. The molecule has 0 radical (unpaired) electrons. The Hall–Kier alpha value is -2.46. The Kier molecular flexibility index (Phi) is 3.05. The molecule has 0 fully saturated rings. The molecule has 0 saturated carbocycles. The lowest BCUT2D eigenvalue weighted by atomic mass is 9.94. The second-order valence-corrected chi connectivity index (χ2v) is 5.66. The van der Waals surface area contributed by atoms with Crippen molar-refractivity contribution in [3.63, 3.8) is 0 Å². The maximum atomic E-state index is 9.75. The summed E-state index contributed by atoms with van der Waals surface area (Å²) in [6, 6.07) is 13.6. The van der Waals surface area contributed by atoms with Crippen LogP contribution in [-0.4, -0.2) is 23.7 Å². The summed E-state index contributed by atoms with van der Waals surface area (Å²) in [7, 11) is 1.69. The average molecular weight is 294 g/mol. The van der Waals surface area contributed by atoms with Crippen LogP contribution < -0.4 is 10.1 Å². The molecular weight excluding hydrogens is 276 g/mol. The van der Waals surface area contributed by atoms with E-state index in [1.54, 1.807) is 13.2 Å². The molecular formula is C18H18N2O2. The number of hydrogen-bond donors (Lipinski definition) is 3. The number of phenols is 1. The zero-order chi connectivity index (χ0) is 15.1. The summed E-state index contributed by atoms with van der Waals surface area (Å²) in [6.07, 6.45) is 0.984. The molecule has 0 unspecified atom stereocenters. The van der Waals surface area contributed by atoms with Crippen molar-refractivity contribution in [1.29, 1.82) is 0 Å². The predicted octanol–water partition coefficient (Wildman–Crippen LogP) is 3.12. The second kappa shape index (κ2) is 5.07. The van der Waals surface area contributed by atoms with E-state index in [1.165, 1.54) is 16.6 Å². The molecule has 1 atom stereocenters. The van der Waals surface area contributed by atoms with Gasteiger partial charge in [0.2, 0.25) is 0 Å². The van der Waals surface area contributed by atoms with Crippen LogP contribution in [0.3, 0.4) is 0 Å². The Morgan fingerprint density at radius 3 is 2.91 bits per heavy atom. The minimum atomic E-state index is 0.0780. The molecule has 0 aliphatic carbocycles. The second-order valence-electron chi connectivity index (χ2n) is 5.66. The van der Waals surface area contributed by atoms with Crippen molar-refractivity contribution in [2.75, 3.05) is 13.7 Å². The van der Waals surface area contributed by atoms with Crippen molar-refractivity contribution in [3.05, 3.63) is 59.3 Å². The zero-order valence-electron chi connectivity index (χ0n) is 12.4. The maximum absolute atomic E-state index is 9.75. The van der Waals surface area contributed by atoms with Crippen LogP contribution >= 0.6 is 0 Å². The van der Waals surface area contributed by atoms with Crippen LogP contribution in [0.4, 0.5) is 0 Å². The molecule has 4 nitrogen and oxygen atoms in total. The number of nitrogens with one attached hydrogen (secondary N) is 2. The van der Waals surface area contributed by atoms with Gasteiger partial charge in [-0.2, -0.15) is 0 Å². The molecule has 1 aromatic heterocycles. The Balaban J connectivity index is 1.87. The molecule has 112 valence electrons. The smallest absolute Gasteiger partial charge is 0.119 e. The zero-order valence-corrected chi connectivity index (χ0v) is 12.4. The van der Waals surface area contributed by atoms with Gasteiger partial charge in [0.15, 0.2) is 0 Å². The van der Waals surface area contributed by atoms with Crippen molar-refractivity contribution in [3.8, 4) is 11.5 Å². The summed E-state index contributed by atoms with van der Waals surface area (Å²) in [5, 5.41) is 14.5. The van der Waals surface area contributed by atoms with Gasteiger partial charge in [0.25, 0.3) is 0 Å². The molecule has 1 aliphatic heterocycles. The molecule has 22 heavy (non-hydrogen) atoms. The fourth-order valence-electron chi connectivity index (χ4n) is 3.32. The first-order valence-electron chi connectivity index (χ1n) is 7.47. The van der Waals surface area contributed by atoms with Crippen LogP contribution in [0.1, 0.15) is 22.9 Å². The maximum Gasteiger partial charge on any atom is 0.119 e. The number of aromatic amines is 1. The molecule has 3 N–H and O–H groups in total. The van der Waals surface area contributed by atoms with Crippen LogP contribution in [0.2, 0.25) is 0 Å². The fourth-order valence-corrected chi connectivity index (χ4v) is 3.32. The normalized spacial score (nSPS) is 17.4. The Morgan fingerprint density at radius 1 is 1.18 bits per heavy atom. The van der Waals surface area contributed by atoms with E-state index in [0.717, 1.165) is 29.8 Å². The number of aromatic nitrogens is 1. The Bertz CT molecular complexity index is 838. The highest BCUT2D eigenvalue weighted by molar-refractivity contribution is 5.86. The van der Waals surface area contributed by atoms with Gasteiger partial charge in [0.05, 0.1) is 13.2 Å². The standard InChI is InChI=1S/C18H18N2O2/c1-22-13-5-6-16-15(10-13)14-7-8-19-17(18(14)20-16)11-3-2-4-12(21)9-11/h2-6,9-10,17,19-21H,7-8H2,1H3/t17-/m0/s1. The minimum absolute atomic E-state index is 0.0780. The van der Waals surface area contributed by atoms with Gasteiger partial charge >= 0.3 is 0 Å². The van der Waals surface area contributed by atoms with Crippen molar-refractivity contribution in [2.24, 2.45) is 0 Å².